The van der Waals surface area contributed by atoms with E-state index in [2.05, 4.69) is 31.0 Å². The van der Waals surface area contributed by atoms with Gasteiger partial charge in [0.25, 0.3) is 5.91 Å². The van der Waals surface area contributed by atoms with E-state index in [4.69, 9.17) is 9.47 Å². The molecule has 6 nitrogen and oxygen atoms in total. The fourth-order valence-electron chi connectivity index (χ4n) is 4.16. The Kier molecular flexibility index (Phi) is 6.63. The summed E-state index contributed by atoms with van der Waals surface area (Å²) in [6, 6.07) is 22.8. The number of anilines is 2. The largest absolute Gasteiger partial charge is 0.457 e. The number of carbonyl (C=O) groups excluding carboxylic acids is 2. The standard InChI is InChI=1S/C27H28N2O4/c1-4-29(18(2)3)20-15-13-19(14-16-20)28-25(30)17-32-27(31)26-21-9-5-7-11-23(21)33-24-12-8-6-10-22(24)26/h5-16,18,26H,4,17H2,1-3H3,(H,28,30). The van der Waals surface area contributed by atoms with Gasteiger partial charge in [-0.05, 0) is 57.2 Å². The molecule has 1 N–H and O–H groups in total. The van der Waals surface area contributed by atoms with Gasteiger partial charge in [-0.3, -0.25) is 9.59 Å². The number of amides is 1. The van der Waals surface area contributed by atoms with Crippen LogP contribution in [0.2, 0.25) is 0 Å². The molecule has 170 valence electrons. The number of ether oxygens (including phenoxy) is 2. The Morgan fingerprint density at radius 2 is 1.52 bits per heavy atom. The van der Waals surface area contributed by atoms with Gasteiger partial charge >= 0.3 is 5.97 Å². The lowest BCUT2D eigenvalue weighted by Gasteiger charge is -2.27. The smallest absolute Gasteiger partial charge is 0.318 e. The van der Waals surface area contributed by atoms with Crippen molar-refractivity contribution in [3.8, 4) is 11.5 Å². The molecule has 0 spiro atoms. The molecule has 0 fully saturated rings. The van der Waals surface area contributed by atoms with Gasteiger partial charge in [-0.25, -0.2) is 0 Å². The minimum atomic E-state index is -0.644. The molecule has 3 aromatic rings. The van der Waals surface area contributed by atoms with Crippen LogP contribution in [0.3, 0.4) is 0 Å². The van der Waals surface area contributed by atoms with Gasteiger partial charge < -0.3 is 19.7 Å². The van der Waals surface area contributed by atoms with E-state index in [1.165, 1.54) is 0 Å². The number of carbonyl (C=O) groups is 2. The van der Waals surface area contributed by atoms with Gasteiger partial charge in [0.2, 0.25) is 0 Å². The molecular formula is C27H28N2O4. The molecule has 1 aliphatic heterocycles. The topological polar surface area (TPSA) is 67.9 Å². The van der Waals surface area contributed by atoms with Crippen LogP contribution in [-0.4, -0.2) is 31.1 Å². The quantitative estimate of drug-likeness (QED) is 0.498. The molecule has 0 aromatic heterocycles. The summed E-state index contributed by atoms with van der Waals surface area (Å²) in [5, 5.41) is 2.79. The molecule has 0 bridgehead atoms. The summed E-state index contributed by atoms with van der Waals surface area (Å²) in [5.41, 5.74) is 3.20. The number of hydrogen-bond acceptors (Lipinski definition) is 5. The van der Waals surface area contributed by atoms with Crippen molar-refractivity contribution < 1.29 is 19.1 Å². The van der Waals surface area contributed by atoms with Gasteiger partial charge in [-0.1, -0.05) is 36.4 Å². The first-order chi connectivity index (χ1) is 16.0. The van der Waals surface area contributed by atoms with Gasteiger partial charge in [-0.2, -0.15) is 0 Å². The number of esters is 1. The van der Waals surface area contributed by atoms with Crippen LogP contribution in [0, 0.1) is 0 Å². The predicted octanol–water partition coefficient (Wildman–Crippen LogP) is 5.34. The summed E-state index contributed by atoms with van der Waals surface area (Å²) >= 11 is 0. The molecule has 0 saturated carbocycles. The Hall–Kier alpha value is -3.80. The van der Waals surface area contributed by atoms with Gasteiger partial charge in [0, 0.05) is 35.1 Å². The molecule has 0 atom stereocenters. The molecule has 33 heavy (non-hydrogen) atoms. The van der Waals surface area contributed by atoms with Crippen LogP contribution in [0.25, 0.3) is 0 Å². The maximum atomic E-state index is 13.0. The Labute approximate surface area is 194 Å². The van der Waals surface area contributed by atoms with E-state index in [9.17, 15) is 9.59 Å². The molecule has 6 heteroatoms. The van der Waals surface area contributed by atoms with Crippen LogP contribution >= 0.6 is 0 Å². The third-order valence-corrected chi connectivity index (χ3v) is 5.71. The van der Waals surface area contributed by atoms with Crippen LogP contribution in [0.5, 0.6) is 11.5 Å². The molecule has 0 aliphatic carbocycles. The predicted molar refractivity (Wildman–Crippen MR) is 129 cm³/mol. The summed E-state index contributed by atoms with van der Waals surface area (Å²) in [6.45, 7) is 6.93. The average molecular weight is 445 g/mol. The van der Waals surface area contributed by atoms with Crippen molar-refractivity contribution in [2.45, 2.75) is 32.7 Å². The first kappa shape index (κ1) is 22.4. The minimum Gasteiger partial charge on any atom is -0.457 e. The number of rotatable bonds is 7. The van der Waals surface area contributed by atoms with Crippen LogP contribution < -0.4 is 15.0 Å². The minimum absolute atomic E-state index is 0.366. The number of nitrogens with one attached hydrogen (secondary N) is 1. The molecular weight excluding hydrogens is 416 g/mol. The number of nitrogens with zero attached hydrogens (tertiary/aromatic N) is 1. The summed E-state index contributed by atoms with van der Waals surface area (Å²) in [6.07, 6.45) is 0. The number of fused-ring (bicyclic) bond motifs is 2. The van der Waals surface area contributed by atoms with E-state index < -0.39 is 11.9 Å². The second-order valence-corrected chi connectivity index (χ2v) is 8.19. The van der Waals surface area contributed by atoms with Crippen molar-refractivity contribution in [3.05, 3.63) is 83.9 Å². The van der Waals surface area contributed by atoms with E-state index in [-0.39, 0.29) is 12.5 Å². The average Bonchev–Trinajstić information content (AvgIpc) is 2.82. The monoisotopic (exact) mass is 444 g/mol. The van der Waals surface area contributed by atoms with E-state index in [1.807, 2.05) is 72.8 Å². The third kappa shape index (κ3) is 4.85. The lowest BCUT2D eigenvalue weighted by Crippen LogP contribution is -2.30. The second-order valence-electron chi connectivity index (χ2n) is 8.19. The van der Waals surface area contributed by atoms with E-state index in [1.54, 1.807) is 0 Å². The molecule has 1 heterocycles. The van der Waals surface area contributed by atoms with Crippen molar-refractivity contribution in [1.29, 1.82) is 0 Å². The van der Waals surface area contributed by atoms with Crippen molar-refractivity contribution in [1.82, 2.24) is 0 Å². The van der Waals surface area contributed by atoms with Crippen LogP contribution in [0.1, 0.15) is 37.8 Å². The van der Waals surface area contributed by atoms with Gasteiger partial charge in [0.15, 0.2) is 6.61 Å². The van der Waals surface area contributed by atoms with Crippen molar-refractivity contribution >= 4 is 23.3 Å². The SMILES string of the molecule is CCN(c1ccc(NC(=O)COC(=O)C2c3ccccc3Oc3ccccc32)cc1)C(C)C. The van der Waals surface area contributed by atoms with E-state index in [0.29, 0.717) is 23.2 Å². The molecule has 3 aromatic carbocycles. The molecule has 0 radical (unpaired) electrons. The zero-order valence-corrected chi connectivity index (χ0v) is 19.1. The van der Waals surface area contributed by atoms with Gasteiger partial charge in [-0.15, -0.1) is 0 Å². The Morgan fingerprint density at radius 1 is 0.939 bits per heavy atom. The molecule has 0 saturated heterocycles. The summed E-state index contributed by atoms with van der Waals surface area (Å²) < 4.78 is 11.3. The fourth-order valence-corrected chi connectivity index (χ4v) is 4.16. The van der Waals surface area contributed by atoms with Crippen molar-refractivity contribution in [3.63, 3.8) is 0 Å². The third-order valence-electron chi connectivity index (χ3n) is 5.71. The van der Waals surface area contributed by atoms with E-state index >= 15 is 0 Å². The molecule has 1 aliphatic rings. The highest BCUT2D eigenvalue weighted by atomic mass is 16.5. The highest BCUT2D eigenvalue weighted by Gasteiger charge is 2.33. The second kappa shape index (κ2) is 9.77. The highest BCUT2D eigenvalue weighted by Crippen LogP contribution is 2.44. The van der Waals surface area contributed by atoms with Crippen molar-refractivity contribution in [2.75, 3.05) is 23.4 Å². The van der Waals surface area contributed by atoms with Gasteiger partial charge in [0.05, 0.1) is 0 Å². The van der Waals surface area contributed by atoms with Crippen LogP contribution in [0.4, 0.5) is 11.4 Å². The van der Waals surface area contributed by atoms with E-state index in [0.717, 1.165) is 23.4 Å². The Morgan fingerprint density at radius 3 is 2.06 bits per heavy atom. The zero-order valence-electron chi connectivity index (χ0n) is 19.1. The normalized spacial score (nSPS) is 12.4. The Bertz CT molecular complexity index is 1100. The van der Waals surface area contributed by atoms with Gasteiger partial charge in [0.1, 0.15) is 17.4 Å². The molecule has 1 amide bonds. The number of benzene rings is 3. The molecule has 0 unspecified atom stereocenters. The number of para-hydroxylation sites is 2. The summed E-state index contributed by atoms with van der Waals surface area (Å²) in [4.78, 5) is 27.7. The number of hydrogen-bond donors (Lipinski definition) is 1. The van der Waals surface area contributed by atoms with Crippen LogP contribution in [-0.2, 0) is 14.3 Å². The molecule has 4 rings (SSSR count). The first-order valence-electron chi connectivity index (χ1n) is 11.2. The highest BCUT2D eigenvalue weighted by molar-refractivity contribution is 5.94. The summed E-state index contributed by atoms with van der Waals surface area (Å²) in [7, 11) is 0. The lowest BCUT2D eigenvalue weighted by molar-refractivity contribution is -0.148. The fraction of sp³-hybridized carbons (Fsp3) is 0.259. The summed E-state index contributed by atoms with van der Waals surface area (Å²) in [5.74, 6) is -0.287. The maximum absolute atomic E-state index is 13.0. The zero-order chi connectivity index (χ0) is 23.4. The van der Waals surface area contributed by atoms with Crippen LogP contribution in [0.15, 0.2) is 72.8 Å². The first-order valence-corrected chi connectivity index (χ1v) is 11.2. The van der Waals surface area contributed by atoms with Crippen molar-refractivity contribution in [2.24, 2.45) is 0 Å². The Balaban J connectivity index is 1.41. The lowest BCUT2D eigenvalue weighted by atomic mass is 9.88. The maximum Gasteiger partial charge on any atom is 0.318 e.